The topological polar surface area (TPSA) is 99.2 Å². The van der Waals surface area contributed by atoms with Gasteiger partial charge in [-0.3, -0.25) is 4.99 Å². The Hall–Kier alpha value is -0.520. The van der Waals surface area contributed by atoms with Crippen LogP contribution in [0.15, 0.2) is 4.99 Å². The van der Waals surface area contributed by atoms with Crippen molar-refractivity contribution in [2.75, 3.05) is 62.8 Å². The van der Waals surface area contributed by atoms with Crippen LogP contribution in [0.25, 0.3) is 0 Å². The van der Waals surface area contributed by atoms with E-state index in [2.05, 4.69) is 10.3 Å². The van der Waals surface area contributed by atoms with E-state index in [9.17, 15) is 16.8 Å². The molecule has 2 heterocycles. The molecule has 146 valence electrons. The summed E-state index contributed by atoms with van der Waals surface area (Å²) in [6.07, 6.45) is 0. The lowest BCUT2D eigenvalue weighted by molar-refractivity contribution is 0.354. The predicted octanol–water partition coefficient (Wildman–Crippen LogP) is -0.551. The molecule has 0 radical (unpaired) electrons. The lowest BCUT2D eigenvalue weighted by atomic mass is 10.2. The molecular formula is C14H28N4O4S3. The average Bonchev–Trinajstić information content (AvgIpc) is 2.55. The third kappa shape index (κ3) is 5.01. The minimum atomic E-state index is -3.27. The summed E-state index contributed by atoms with van der Waals surface area (Å²) in [5, 5.41) is 3.07. The van der Waals surface area contributed by atoms with Gasteiger partial charge >= 0.3 is 0 Å². The van der Waals surface area contributed by atoms with Gasteiger partial charge in [-0.1, -0.05) is 0 Å². The van der Waals surface area contributed by atoms with Gasteiger partial charge in [0.15, 0.2) is 15.8 Å². The van der Waals surface area contributed by atoms with Crippen LogP contribution in [0, 0.1) is 0 Å². The molecule has 0 atom stereocenters. The first-order chi connectivity index (χ1) is 11.6. The molecule has 0 aromatic rings. The van der Waals surface area contributed by atoms with E-state index in [4.69, 9.17) is 0 Å². The number of aliphatic imine (C=N–C) groups is 1. The summed E-state index contributed by atoms with van der Waals surface area (Å²) in [7, 11) is -4.77. The summed E-state index contributed by atoms with van der Waals surface area (Å²) < 4.78 is 49.6. The summed E-state index contributed by atoms with van der Waals surface area (Å²) in [6.45, 7) is 5.51. The number of guanidine groups is 1. The van der Waals surface area contributed by atoms with Crippen molar-refractivity contribution in [1.29, 1.82) is 0 Å². The molecule has 0 aromatic carbocycles. The fraction of sp³-hybridized carbons (Fsp3) is 0.929. The molecule has 2 saturated heterocycles. The number of rotatable bonds is 4. The molecule has 0 bridgehead atoms. The van der Waals surface area contributed by atoms with Crippen LogP contribution >= 0.6 is 11.8 Å². The van der Waals surface area contributed by atoms with E-state index in [0.29, 0.717) is 32.1 Å². The number of hydrogen-bond acceptors (Lipinski definition) is 6. The molecule has 8 nitrogen and oxygen atoms in total. The maximum atomic E-state index is 12.4. The van der Waals surface area contributed by atoms with Crippen molar-refractivity contribution < 1.29 is 16.8 Å². The Balaban J connectivity index is 1.91. The van der Waals surface area contributed by atoms with E-state index in [-0.39, 0.29) is 18.1 Å². The minimum Gasteiger partial charge on any atom is -0.355 e. The van der Waals surface area contributed by atoms with Crippen molar-refractivity contribution in [1.82, 2.24) is 14.5 Å². The third-order valence-corrected chi connectivity index (χ3v) is 9.91. The van der Waals surface area contributed by atoms with Gasteiger partial charge < -0.3 is 10.2 Å². The number of hydrogen-bond donors (Lipinski definition) is 1. The summed E-state index contributed by atoms with van der Waals surface area (Å²) in [5.74, 6) is 2.31. The first kappa shape index (κ1) is 20.8. The highest BCUT2D eigenvalue weighted by atomic mass is 32.2. The second kappa shape index (κ2) is 8.01. The van der Waals surface area contributed by atoms with E-state index >= 15 is 0 Å². The van der Waals surface area contributed by atoms with Gasteiger partial charge in [-0.05, 0) is 13.8 Å². The third-order valence-electron chi connectivity index (χ3n) is 4.56. The zero-order valence-electron chi connectivity index (χ0n) is 15.1. The molecule has 0 aromatic heterocycles. The van der Waals surface area contributed by atoms with Crippen LogP contribution in [0.1, 0.15) is 13.8 Å². The maximum Gasteiger partial charge on any atom is 0.215 e. The van der Waals surface area contributed by atoms with E-state index in [1.54, 1.807) is 37.0 Å². The number of sulfone groups is 1. The second-order valence-electron chi connectivity index (χ2n) is 6.80. The molecule has 2 aliphatic rings. The normalized spacial score (nSPS) is 24.9. The standard InChI is InChI=1S/C14H28N4O4S3/c1-14(2)12-17(7-11-24(14,19)20)13(15-3)16-4-10-25(21,22)18-5-8-23-9-6-18/h4-12H2,1-3H3,(H,15,16). The largest absolute Gasteiger partial charge is 0.355 e. The van der Waals surface area contributed by atoms with E-state index < -0.39 is 24.6 Å². The van der Waals surface area contributed by atoms with Gasteiger partial charge in [-0.2, -0.15) is 11.8 Å². The van der Waals surface area contributed by atoms with Crippen molar-refractivity contribution in [3.8, 4) is 0 Å². The number of thioether (sulfide) groups is 1. The Labute approximate surface area is 155 Å². The molecule has 0 spiro atoms. The van der Waals surface area contributed by atoms with Gasteiger partial charge in [-0.15, -0.1) is 0 Å². The summed E-state index contributed by atoms with van der Waals surface area (Å²) in [6, 6.07) is 0. The van der Waals surface area contributed by atoms with Gasteiger partial charge in [0.25, 0.3) is 0 Å². The van der Waals surface area contributed by atoms with Crippen molar-refractivity contribution in [2.45, 2.75) is 18.6 Å². The SMILES string of the molecule is CN=C(NCCS(=O)(=O)N1CCSCC1)N1CCS(=O)(=O)C(C)(C)C1. The number of sulfonamides is 1. The molecule has 0 aliphatic carbocycles. The lowest BCUT2D eigenvalue weighted by Crippen LogP contribution is -2.57. The van der Waals surface area contributed by atoms with Gasteiger partial charge in [0.1, 0.15) is 0 Å². The van der Waals surface area contributed by atoms with E-state index in [0.717, 1.165) is 11.5 Å². The van der Waals surface area contributed by atoms with Gasteiger partial charge in [0.05, 0.1) is 16.3 Å². The molecule has 0 unspecified atom stereocenters. The average molecular weight is 413 g/mol. The zero-order valence-corrected chi connectivity index (χ0v) is 17.5. The fourth-order valence-electron chi connectivity index (χ4n) is 2.90. The van der Waals surface area contributed by atoms with Gasteiger partial charge in [0.2, 0.25) is 10.0 Å². The molecule has 1 N–H and O–H groups in total. The first-order valence-electron chi connectivity index (χ1n) is 8.32. The zero-order chi connectivity index (χ0) is 18.7. The Bertz CT molecular complexity index is 698. The highest BCUT2D eigenvalue weighted by molar-refractivity contribution is 7.99. The molecule has 2 aliphatic heterocycles. The van der Waals surface area contributed by atoms with Crippen LogP contribution in [0.2, 0.25) is 0 Å². The van der Waals surface area contributed by atoms with Crippen molar-refractivity contribution >= 4 is 37.6 Å². The fourth-order valence-corrected chi connectivity index (χ4v) is 6.76. The highest BCUT2D eigenvalue weighted by Gasteiger charge is 2.41. The van der Waals surface area contributed by atoms with Crippen LogP contribution in [-0.4, -0.2) is 99.5 Å². The highest BCUT2D eigenvalue weighted by Crippen LogP contribution is 2.23. The molecule has 0 amide bonds. The molecule has 2 rings (SSSR count). The van der Waals surface area contributed by atoms with Crippen molar-refractivity contribution in [3.63, 3.8) is 0 Å². The van der Waals surface area contributed by atoms with Gasteiger partial charge in [0, 0.05) is 51.3 Å². The van der Waals surface area contributed by atoms with Crippen LogP contribution in [0.4, 0.5) is 0 Å². The van der Waals surface area contributed by atoms with Crippen LogP contribution in [0.5, 0.6) is 0 Å². The van der Waals surface area contributed by atoms with E-state index in [1.807, 2.05) is 4.90 Å². The van der Waals surface area contributed by atoms with Crippen LogP contribution < -0.4 is 5.32 Å². The molecular weight excluding hydrogens is 384 g/mol. The summed E-state index contributed by atoms with van der Waals surface area (Å²) in [4.78, 5) is 6.06. The van der Waals surface area contributed by atoms with Crippen molar-refractivity contribution in [3.05, 3.63) is 0 Å². The van der Waals surface area contributed by atoms with Crippen LogP contribution in [-0.2, 0) is 19.9 Å². The molecule has 25 heavy (non-hydrogen) atoms. The first-order valence-corrected chi connectivity index (χ1v) is 12.7. The van der Waals surface area contributed by atoms with E-state index in [1.165, 1.54) is 0 Å². The smallest absolute Gasteiger partial charge is 0.215 e. The quantitative estimate of drug-likeness (QED) is 0.488. The maximum absolute atomic E-state index is 12.4. The molecule has 2 fully saturated rings. The monoisotopic (exact) mass is 412 g/mol. The Kier molecular flexibility index (Phi) is 6.66. The summed E-state index contributed by atoms with van der Waals surface area (Å²) in [5.41, 5.74) is 0. The second-order valence-corrected chi connectivity index (χ2v) is 12.9. The Morgan fingerprint density at radius 3 is 2.44 bits per heavy atom. The molecule has 0 saturated carbocycles. The Morgan fingerprint density at radius 2 is 1.88 bits per heavy atom. The van der Waals surface area contributed by atoms with Crippen LogP contribution in [0.3, 0.4) is 0 Å². The Morgan fingerprint density at radius 1 is 1.24 bits per heavy atom. The lowest BCUT2D eigenvalue weighted by Gasteiger charge is -2.39. The van der Waals surface area contributed by atoms with Crippen molar-refractivity contribution in [2.24, 2.45) is 4.99 Å². The predicted molar refractivity (Wildman–Crippen MR) is 103 cm³/mol. The number of nitrogens with zero attached hydrogens (tertiary/aromatic N) is 3. The summed E-state index contributed by atoms with van der Waals surface area (Å²) >= 11 is 1.77. The number of nitrogens with one attached hydrogen (secondary N) is 1. The van der Waals surface area contributed by atoms with Gasteiger partial charge in [-0.25, -0.2) is 21.1 Å². The minimum absolute atomic E-state index is 0.00617. The molecule has 11 heteroatoms.